The van der Waals surface area contributed by atoms with Crippen molar-refractivity contribution in [2.24, 2.45) is 0 Å². The zero-order chi connectivity index (χ0) is 13.5. The molecule has 1 rings (SSSR count). The van der Waals surface area contributed by atoms with Gasteiger partial charge in [-0.15, -0.1) is 6.58 Å². The van der Waals surface area contributed by atoms with E-state index in [1.807, 2.05) is 0 Å². The third-order valence-electron chi connectivity index (χ3n) is 2.39. The maximum atomic E-state index is 11.3. The lowest BCUT2D eigenvalue weighted by Gasteiger charge is -2.12. The minimum atomic E-state index is -0.685. The fourth-order valence-electron chi connectivity index (χ4n) is 1.45. The Hall–Kier alpha value is -2.21. The Morgan fingerprint density at radius 2 is 2.28 bits per heavy atom. The van der Waals surface area contributed by atoms with E-state index in [-0.39, 0.29) is 12.2 Å². The Morgan fingerprint density at radius 1 is 1.61 bits per heavy atom. The normalized spacial score (nSPS) is 11.6. The van der Waals surface area contributed by atoms with Crippen LogP contribution in [0.4, 0.5) is 5.69 Å². The summed E-state index contributed by atoms with van der Waals surface area (Å²) in [7, 11) is 1.27. The lowest BCUT2D eigenvalue weighted by Crippen LogP contribution is -2.35. The molecule has 0 fully saturated rings. The highest BCUT2D eigenvalue weighted by Crippen LogP contribution is 2.17. The Balaban J connectivity index is 2.76. The molecule has 96 valence electrons. The third kappa shape index (κ3) is 3.39. The largest absolute Gasteiger partial charge is 0.468 e. The van der Waals surface area contributed by atoms with Gasteiger partial charge in [-0.1, -0.05) is 24.3 Å². The highest BCUT2D eigenvalue weighted by atomic mass is 16.6. The number of nitrogens with one attached hydrogen (secondary N) is 1. The molecule has 0 saturated carbocycles. The van der Waals surface area contributed by atoms with Crippen LogP contribution >= 0.6 is 0 Å². The van der Waals surface area contributed by atoms with Crippen LogP contribution in [0.5, 0.6) is 0 Å². The molecule has 1 atom stereocenters. The molecule has 0 aliphatic rings. The molecule has 1 aromatic rings. The average Bonchev–Trinajstić information content (AvgIpc) is 2.39. The van der Waals surface area contributed by atoms with E-state index >= 15 is 0 Å². The number of esters is 1. The van der Waals surface area contributed by atoms with E-state index in [9.17, 15) is 14.9 Å². The second-order valence-electron chi connectivity index (χ2n) is 3.50. The predicted octanol–water partition coefficient (Wildman–Crippen LogP) is 1.41. The molecule has 1 unspecified atom stereocenters. The van der Waals surface area contributed by atoms with Crippen LogP contribution < -0.4 is 5.32 Å². The van der Waals surface area contributed by atoms with Gasteiger partial charge >= 0.3 is 5.97 Å². The van der Waals surface area contributed by atoms with Gasteiger partial charge in [0.2, 0.25) is 0 Å². The van der Waals surface area contributed by atoms with Crippen molar-refractivity contribution < 1.29 is 14.5 Å². The van der Waals surface area contributed by atoms with Gasteiger partial charge in [0, 0.05) is 18.2 Å². The molecule has 0 bridgehead atoms. The zero-order valence-electron chi connectivity index (χ0n) is 9.96. The van der Waals surface area contributed by atoms with Crippen molar-refractivity contribution in [2.75, 3.05) is 7.11 Å². The highest BCUT2D eigenvalue weighted by Gasteiger charge is 2.17. The van der Waals surface area contributed by atoms with Crippen LogP contribution in [0.2, 0.25) is 0 Å². The summed E-state index contributed by atoms with van der Waals surface area (Å²) in [5.74, 6) is -0.483. The summed E-state index contributed by atoms with van der Waals surface area (Å²) >= 11 is 0. The molecule has 6 nitrogen and oxygen atoms in total. The van der Waals surface area contributed by atoms with Gasteiger partial charge in [-0.25, -0.2) is 0 Å². The highest BCUT2D eigenvalue weighted by molar-refractivity contribution is 5.77. The first kappa shape index (κ1) is 13.9. The molecule has 1 aromatic carbocycles. The van der Waals surface area contributed by atoms with Crippen LogP contribution in [0.1, 0.15) is 5.56 Å². The minimum absolute atomic E-state index is 0.0117. The molecule has 1 N–H and O–H groups in total. The molecule has 0 spiro atoms. The number of carbonyl (C=O) groups excluding carboxylic acids is 1. The minimum Gasteiger partial charge on any atom is -0.468 e. The Labute approximate surface area is 104 Å². The van der Waals surface area contributed by atoms with E-state index < -0.39 is 16.9 Å². The van der Waals surface area contributed by atoms with Crippen molar-refractivity contribution in [3.63, 3.8) is 0 Å². The fourth-order valence-corrected chi connectivity index (χ4v) is 1.45. The number of benzene rings is 1. The molecule has 0 amide bonds. The SMILES string of the molecule is C=CC(NCc1ccccc1[N+](=O)[O-])C(=O)OC. The van der Waals surface area contributed by atoms with Crippen LogP contribution in [0.3, 0.4) is 0 Å². The maximum Gasteiger partial charge on any atom is 0.326 e. The van der Waals surface area contributed by atoms with Gasteiger partial charge in [0.05, 0.1) is 12.0 Å². The number of carbonyl (C=O) groups is 1. The Kier molecular flexibility index (Phi) is 5.01. The zero-order valence-corrected chi connectivity index (χ0v) is 9.96. The van der Waals surface area contributed by atoms with Crippen molar-refractivity contribution in [3.05, 3.63) is 52.6 Å². The monoisotopic (exact) mass is 250 g/mol. The molecule has 18 heavy (non-hydrogen) atoms. The van der Waals surface area contributed by atoms with Gasteiger partial charge in [0.15, 0.2) is 0 Å². The van der Waals surface area contributed by atoms with E-state index in [0.29, 0.717) is 5.56 Å². The second-order valence-corrected chi connectivity index (χ2v) is 3.50. The molecular weight excluding hydrogens is 236 g/mol. The summed E-state index contributed by atoms with van der Waals surface area (Å²) in [5.41, 5.74) is 0.510. The third-order valence-corrected chi connectivity index (χ3v) is 2.39. The summed E-state index contributed by atoms with van der Waals surface area (Å²) in [6.45, 7) is 3.69. The van der Waals surface area contributed by atoms with Crippen LogP contribution in [-0.2, 0) is 16.1 Å². The number of hydrogen-bond donors (Lipinski definition) is 1. The van der Waals surface area contributed by atoms with Gasteiger partial charge in [-0.05, 0) is 0 Å². The van der Waals surface area contributed by atoms with Gasteiger partial charge in [0.1, 0.15) is 6.04 Å². The summed E-state index contributed by atoms with van der Waals surface area (Å²) in [6, 6.07) is 5.65. The number of nitrogens with zero attached hydrogens (tertiary/aromatic N) is 1. The first-order valence-corrected chi connectivity index (χ1v) is 5.26. The lowest BCUT2D eigenvalue weighted by atomic mass is 10.1. The molecule has 0 saturated heterocycles. The van der Waals surface area contributed by atoms with Crippen LogP contribution in [0.25, 0.3) is 0 Å². The molecule has 0 heterocycles. The maximum absolute atomic E-state index is 11.3. The second kappa shape index (κ2) is 6.51. The quantitative estimate of drug-likeness (QED) is 0.357. The van der Waals surface area contributed by atoms with Gasteiger partial charge in [-0.2, -0.15) is 0 Å². The Morgan fingerprint density at radius 3 is 2.83 bits per heavy atom. The molecular formula is C12H14N2O4. The van der Waals surface area contributed by atoms with E-state index in [2.05, 4.69) is 16.6 Å². The smallest absolute Gasteiger partial charge is 0.326 e. The Bertz CT molecular complexity index is 459. The van der Waals surface area contributed by atoms with Gasteiger partial charge in [-0.3, -0.25) is 20.2 Å². The summed E-state index contributed by atoms with van der Waals surface area (Å²) < 4.78 is 4.56. The number of rotatable bonds is 6. The predicted molar refractivity (Wildman–Crippen MR) is 65.9 cm³/mol. The van der Waals surface area contributed by atoms with Crippen molar-refractivity contribution in [3.8, 4) is 0 Å². The number of para-hydroxylation sites is 1. The van der Waals surface area contributed by atoms with E-state index in [1.165, 1.54) is 19.3 Å². The number of hydrogen-bond acceptors (Lipinski definition) is 5. The van der Waals surface area contributed by atoms with Crippen LogP contribution in [0, 0.1) is 10.1 Å². The lowest BCUT2D eigenvalue weighted by molar-refractivity contribution is -0.385. The molecule has 6 heteroatoms. The fraction of sp³-hybridized carbons (Fsp3) is 0.250. The van der Waals surface area contributed by atoms with Crippen molar-refractivity contribution in [1.82, 2.24) is 5.32 Å². The first-order chi connectivity index (χ1) is 8.60. The topological polar surface area (TPSA) is 81.5 Å². The summed E-state index contributed by atoms with van der Waals surface area (Å²) in [5, 5.41) is 13.6. The van der Waals surface area contributed by atoms with E-state index in [1.54, 1.807) is 18.2 Å². The molecule has 0 aliphatic heterocycles. The summed E-state index contributed by atoms with van der Waals surface area (Å²) in [6.07, 6.45) is 1.39. The number of methoxy groups -OCH3 is 1. The summed E-state index contributed by atoms with van der Waals surface area (Å²) in [4.78, 5) is 21.6. The number of ether oxygens (including phenoxy) is 1. The van der Waals surface area contributed by atoms with E-state index in [4.69, 9.17) is 0 Å². The van der Waals surface area contributed by atoms with Crippen molar-refractivity contribution >= 4 is 11.7 Å². The number of nitro groups is 1. The molecule has 0 aliphatic carbocycles. The molecule has 0 aromatic heterocycles. The van der Waals surface area contributed by atoms with Crippen LogP contribution in [-0.4, -0.2) is 24.0 Å². The molecule has 0 radical (unpaired) electrons. The van der Waals surface area contributed by atoms with Gasteiger partial charge in [0.25, 0.3) is 5.69 Å². The van der Waals surface area contributed by atoms with Crippen molar-refractivity contribution in [1.29, 1.82) is 0 Å². The van der Waals surface area contributed by atoms with Crippen LogP contribution in [0.15, 0.2) is 36.9 Å². The first-order valence-electron chi connectivity index (χ1n) is 5.26. The van der Waals surface area contributed by atoms with Crippen molar-refractivity contribution in [2.45, 2.75) is 12.6 Å². The average molecular weight is 250 g/mol. The standard InChI is InChI=1S/C12H14N2O4/c1-3-10(12(15)18-2)13-8-9-6-4-5-7-11(9)14(16)17/h3-7,10,13H,1,8H2,2H3. The number of nitro benzene ring substituents is 1. The van der Waals surface area contributed by atoms with E-state index in [0.717, 1.165) is 0 Å². The van der Waals surface area contributed by atoms with Gasteiger partial charge < -0.3 is 4.74 Å².